The summed E-state index contributed by atoms with van der Waals surface area (Å²) in [6.07, 6.45) is -13.0. The SMILES string of the molecule is CC1(C)c2cc(C#C[C@H]3O[C@H](CO)[C@@H](O)[C@H](O)[C@H]3O)ccc2-c2ccc(C#C[C@H]3O[C@H](CO)[C@@H](O)[C@H](O)[C@@H]3O)cc21. The highest BCUT2D eigenvalue weighted by atomic mass is 16.5. The van der Waals surface area contributed by atoms with Crippen molar-refractivity contribution in [2.45, 2.75) is 80.3 Å². The molecule has 10 heteroatoms. The van der Waals surface area contributed by atoms with E-state index in [0.717, 1.165) is 22.3 Å². The maximum atomic E-state index is 10.3. The topological polar surface area (TPSA) is 180 Å². The summed E-state index contributed by atoms with van der Waals surface area (Å²) < 4.78 is 11.0. The van der Waals surface area contributed by atoms with E-state index in [4.69, 9.17) is 9.47 Å². The van der Waals surface area contributed by atoms with Crippen molar-refractivity contribution in [1.29, 1.82) is 0 Å². The van der Waals surface area contributed by atoms with Crippen LogP contribution in [0.5, 0.6) is 0 Å². The van der Waals surface area contributed by atoms with E-state index in [1.807, 2.05) is 36.4 Å². The molecule has 0 bridgehead atoms. The van der Waals surface area contributed by atoms with Crippen LogP contribution in [0.2, 0.25) is 0 Å². The zero-order valence-electron chi connectivity index (χ0n) is 22.5. The molecule has 10 nitrogen and oxygen atoms in total. The highest BCUT2D eigenvalue weighted by Gasteiger charge is 2.44. The van der Waals surface area contributed by atoms with Crippen LogP contribution >= 0.6 is 0 Å². The van der Waals surface area contributed by atoms with Gasteiger partial charge in [-0.15, -0.1) is 0 Å². The van der Waals surface area contributed by atoms with Gasteiger partial charge in [0.25, 0.3) is 0 Å². The smallest absolute Gasteiger partial charge is 0.147 e. The fourth-order valence-corrected chi connectivity index (χ4v) is 5.64. The van der Waals surface area contributed by atoms with Gasteiger partial charge in [0.05, 0.1) is 13.2 Å². The first-order valence-corrected chi connectivity index (χ1v) is 13.4. The number of rotatable bonds is 2. The second-order valence-corrected chi connectivity index (χ2v) is 11.2. The Hall–Kier alpha value is -2.84. The molecule has 2 aromatic carbocycles. The Bertz CT molecular complexity index is 1310. The summed E-state index contributed by atoms with van der Waals surface area (Å²) in [5.74, 6) is 11.6. The summed E-state index contributed by atoms with van der Waals surface area (Å²) in [4.78, 5) is 0. The molecule has 2 aliphatic heterocycles. The minimum Gasteiger partial charge on any atom is -0.394 e. The predicted octanol–water partition coefficient (Wildman–Crippen LogP) is -1.62. The normalized spacial score (nSPS) is 35.4. The Morgan fingerprint density at radius 3 is 1.37 bits per heavy atom. The number of hydrogen-bond acceptors (Lipinski definition) is 10. The molecule has 0 radical (unpaired) electrons. The average molecular weight is 567 g/mol. The predicted molar refractivity (Wildman–Crippen MR) is 145 cm³/mol. The Morgan fingerprint density at radius 1 is 0.610 bits per heavy atom. The number of ether oxygens (including phenoxy) is 2. The molecule has 0 amide bonds. The first-order valence-electron chi connectivity index (χ1n) is 13.4. The van der Waals surface area contributed by atoms with E-state index >= 15 is 0 Å². The van der Waals surface area contributed by atoms with Crippen molar-refractivity contribution < 1.29 is 50.3 Å². The van der Waals surface area contributed by atoms with E-state index in [1.165, 1.54) is 0 Å². The maximum absolute atomic E-state index is 10.3. The quantitative estimate of drug-likeness (QED) is 0.197. The molecule has 218 valence electrons. The summed E-state index contributed by atoms with van der Waals surface area (Å²) >= 11 is 0. The van der Waals surface area contributed by atoms with Gasteiger partial charge in [0.15, 0.2) is 0 Å². The van der Waals surface area contributed by atoms with Crippen molar-refractivity contribution in [2.24, 2.45) is 0 Å². The molecule has 1 aliphatic carbocycles. The molecular weight excluding hydrogens is 532 g/mol. The molecule has 0 spiro atoms. The number of aliphatic hydroxyl groups excluding tert-OH is 8. The van der Waals surface area contributed by atoms with Crippen LogP contribution in [0.1, 0.15) is 36.1 Å². The first-order chi connectivity index (χ1) is 19.5. The van der Waals surface area contributed by atoms with Gasteiger partial charge < -0.3 is 50.3 Å². The van der Waals surface area contributed by atoms with E-state index in [1.54, 1.807) is 0 Å². The number of benzene rings is 2. The highest BCUT2D eigenvalue weighted by Crippen LogP contribution is 2.49. The fourth-order valence-electron chi connectivity index (χ4n) is 5.64. The Morgan fingerprint density at radius 2 is 1.00 bits per heavy atom. The second-order valence-electron chi connectivity index (χ2n) is 11.2. The molecule has 8 N–H and O–H groups in total. The number of fused-ring (bicyclic) bond motifs is 3. The first kappa shape index (κ1) is 29.6. The van der Waals surface area contributed by atoms with Crippen molar-refractivity contribution >= 4 is 0 Å². The summed E-state index contributed by atoms with van der Waals surface area (Å²) in [7, 11) is 0. The summed E-state index contributed by atoms with van der Waals surface area (Å²) in [5, 5.41) is 79.4. The molecule has 0 aromatic heterocycles. The lowest BCUT2D eigenvalue weighted by molar-refractivity contribution is -0.214. The molecule has 3 aliphatic rings. The van der Waals surface area contributed by atoms with Crippen molar-refractivity contribution in [1.82, 2.24) is 0 Å². The lowest BCUT2D eigenvalue weighted by atomic mass is 9.81. The molecule has 2 fully saturated rings. The van der Waals surface area contributed by atoms with Gasteiger partial charge in [-0.25, -0.2) is 0 Å². The van der Waals surface area contributed by atoms with Gasteiger partial charge in [-0.05, 0) is 46.5 Å². The van der Waals surface area contributed by atoms with E-state index in [-0.39, 0.29) is 0 Å². The van der Waals surface area contributed by atoms with Gasteiger partial charge in [0, 0.05) is 16.5 Å². The molecule has 0 saturated carbocycles. The monoisotopic (exact) mass is 566 g/mol. The standard InChI is InChI=1S/C31H34O10/c1-31(2)19-11-15(5-9-21-25(34)29(38)27(36)23(13-32)40-21)3-7-17(19)18-8-4-16(12-20(18)31)6-10-22-26(35)30(39)28(37)24(14-33)41-22/h3-4,7-8,11-12,21-30,32-39H,13-14H2,1-2H3/t21-,22-,23-,24-,25-,26+,27-,28-,29-,30-/m1/s1. The highest BCUT2D eigenvalue weighted by molar-refractivity contribution is 5.82. The van der Waals surface area contributed by atoms with Crippen LogP contribution in [0.25, 0.3) is 11.1 Å². The van der Waals surface area contributed by atoms with E-state index in [9.17, 15) is 40.9 Å². The zero-order valence-corrected chi connectivity index (χ0v) is 22.5. The van der Waals surface area contributed by atoms with Crippen molar-refractivity contribution in [3.05, 3.63) is 58.7 Å². The third-order valence-electron chi connectivity index (χ3n) is 8.18. The van der Waals surface area contributed by atoms with Gasteiger partial charge in [-0.2, -0.15) is 0 Å². The molecule has 2 saturated heterocycles. The molecule has 0 unspecified atom stereocenters. The second kappa shape index (κ2) is 11.4. The lowest BCUT2D eigenvalue weighted by Gasteiger charge is -2.37. The van der Waals surface area contributed by atoms with Crippen LogP contribution in [-0.4, -0.2) is 115 Å². The zero-order chi connectivity index (χ0) is 29.6. The van der Waals surface area contributed by atoms with Crippen LogP contribution in [-0.2, 0) is 14.9 Å². The van der Waals surface area contributed by atoms with E-state index < -0.39 is 79.7 Å². The largest absolute Gasteiger partial charge is 0.394 e. The molecular formula is C31H34O10. The Labute approximate surface area is 237 Å². The molecule has 2 aromatic rings. The third-order valence-corrected chi connectivity index (χ3v) is 8.18. The van der Waals surface area contributed by atoms with Gasteiger partial charge in [-0.3, -0.25) is 0 Å². The summed E-state index contributed by atoms with van der Waals surface area (Å²) in [5.41, 5.74) is 4.98. The maximum Gasteiger partial charge on any atom is 0.147 e. The van der Waals surface area contributed by atoms with Gasteiger partial charge in [0.1, 0.15) is 61.0 Å². The van der Waals surface area contributed by atoms with Crippen molar-refractivity contribution in [3.63, 3.8) is 0 Å². The third kappa shape index (κ3) is 5.29. The number of aliphatic hydroxyl groups is 8. The van der Waals surface area contributed by atoms with Crippen LogP contribution < -0.4 is 0 Å². The van der Waals surface area contributed by atoms with Crippen molar-refractivity contribution in [3.8, 4) is 34.8 Å². The fraction of sp³-hybridized carbons (Fsp3) is 0.484. The minimum atomic E-state index is -1.49. The van der Waals surface area contributed by atoms with Crippen molar-refractivity contribution in [2.75, 3.05) is 13.2 Å². The Kier molecular flexibility index (Phi) is 8.27. The van der Waals surface area contributed by atoms with Gasteiger partial charge in [-0.1, -0.05) is 49.7 Å². The molecule has 5 rings (SSSR count). The van der Waals surface area contributed by atoms with Crippen LogP contribution in [0.3, 0.4) is 0 Å². The van der Waals surface area contributed by atoms with Crippen LogP contribution in [0.4, 0.5) is 0 Å². The summed E-state index contributed by atoms with van der Waals surface area (Å²) in [6, 6.07) is 11.5. The lowest BCUT2D eigenvalue weighted by Crippen LogP contribution is -2.58. The van der Waals surface area contributed by atoms with Crippen LogP contribution in [0.15, 0.2) is 36.4 Å². The minimum absolute atomic E-state index is 0.424. The van der Waals surface area contributed by atoms with Crippen LogP contribution in [0, 0.1) is 23.7 Å². The van der Waals surface area contributed by atoms with Gasteiger partial charge in [0.2, 0.25) is 0 Å². The van der Waals surface area contributed by atoms with E-state index in [2.05, 4.69) is 37.5 Å². The Balaban J connectivity index is 1.39. The van der Waals surface area contributed by atoms with E-state index in [0.29, 0.717) is 11.1 Å². The summed E-state index contributed by atoms with van der Waals surface area (Å²) in [6.45, 7) is 3.09. The van der Waals surface area contributed by atoms with Gasteiger partial charge >= 0.3 is 0 Å². The molecule has 10 atom stereocenters. The average Bonchev–Trinajstić information content (AvgIpc) is 3.19. The molecule has 2 heterocycles. The molecule has 41 heavy (non-hydrogen) atoms. The number of hydrogen-bond donors (Lipinski definition) is 8.